The van der Waals surface area contributed by atoms with Gasteiger partial charge in [0.15, 0.2) is 5.75 Å². The van der Waals surface area contributed by atoms with Crippen molar-refractivity contribution in [3.05, 3.63) is 46.4 Å². The summed E-state index contributed by atoms with van der Waals surface area (Å²) in [5, 5.41) is 2.50. The van der Waals surface area contributed by atoms with Crippen molar-refractivity contribution >= 4 is 27.5 Å². The third-order valence-electron chi connectivity index (χ3n) is 2.84. The highest BCUT2D eigenvalue weighted by Crippen LogP contribution is 2.39. The molecule has 114 valence electrons. The van der Waals surface area contributed by atoms with E-state index in [9.17, 15) is 18.0 Å². The first kappa shape index (κ1) is 14.7. The lowest BCUT2D eigenvalue weighted by molar-refractivity contribution is -0.274. The second kappa shape index (κ2) is 5.20. The van der Waals surface area contributed by atoms with Gasteiger partial charge in [0.25, 0.3) is 5.91 Å². The predicted octanol–water partition coefficient (Wildman–Crippen LogP) is 4.71. The molecule has 22 heavy (non-hydrogen) atoms. The van der Waals surface area contributed by atoms with Crippen molar-refractivity contribution in [2.24, 2.45) is 0 Å². The van der Waals surface area contributed by atoms with Crippen LogP contribution in [0.15, 0.2) is 40.9 Å². The van der Waals surface area contributed by atoms with Crippen LogP contribution in [0.3, 0.4) is 0 Å². The van der Waals surface area contributed by atoms with Crippen LogP contribution in [-0.4, -0.2) is 12.3 Å². The van der Waals surface area contributed by atoms with Crippen LogP contribution in [-0.2, 0) is 0 Å². The first-order chi connectivity index (χ1) is 10.3. The Labute approximate surface area is 131 Å². The maximum absolute atomic E-state index is 12.2. The number of amides is 1. The van der Waals surface area contributed by atoms with Crippen molar-refractivity contribution < 1.29 is 27.4 Å². The van der Waals surface area contributed by atoms with Gasteiger partial charge in [0, 0.05) is 10.5 Å². The van der Waals surface area contributed by atoms with E-state index in [2.05, 4.69) is 26.0 Å². The molecule has 0 unspecified atom stereocenters. The van der Waals surface area contributed by atoms with Gasteiger partial charge in [-0.05, 0) is 30.3 Å². The summed E-state index contributed by atoms with van der Waals surface area (Å²) in [6, 6.07) is 8.31. The number of ether oxygens (including phenoxy) is 2. The number of hydrogen-bond acceptors (Lipinski definition) is 3. The molecule has 1 amide bonds. The zero-order chi connectivity index (χ0) is 15.9. The number of carbonyl (C=O) groups excluding carboxylic acids is 1. The summed E-state index contributed by atoms with van der Waals surface area (Å²) in [7, 11) is 0. The first-order valence-corrected chi connectivity index (χ1v) is 6.80. The van der Waals surface area contributed by atoms with Crippen molar-refractivity contribution in [2.45, 2.75) is 6.36 Å². The molecule has 1 aliphatic rings. The minimum atomic E-state index is -4.81. The molecular formula is C14H7BrF3NO3. The van der Waals surface area contributed by atoms with Crippen LogP contribution in [0.25, 0.3) is 0 Å². The van der Waals surface area contributed by atoms with Gasteiger partial charge in [-0.3, -0.25) is 4.79 Å². The van der Waals surface area contributed by atoms with Gasteiger partial charge in [-0.1, -0.05) is 15.9 Å². The summed E-state index contributed by atoms with van der Waals surface area (Å²) in [5.74, 6) is -0.394. The molecule has 4 nitrogen and oxygen atoms in total. The average Bonchev–Trinajstić information content (AvgIpc) is 2.53. The Morgan fingerprint density at radius 2 is 1.82 bits per heavy atom. The molecule has 0 fully saturated rings. The Balaban J connectivity index is 1.99. The van der Waals surface area contributed by atoms with Gasteiger partial charge < -0.3 is 14.8 Å². The van der Waals surface area contributed by atoms with Crippen LogP contribution in [0.1, 0.15) is 10.4 Å². The molecule has 0 atom stereocenters. The summed E-state index contributed by atoms with van der Waals surface area (Å²) in [6.07, 6.45) is -4.81. The molecule has 0 aliphatic carbocycles. The zero-order valence-electron chi connectivity index (χ0n) is 10.7. The van der Waals surface area contributed by atoms with Crippen LogP contribution in [0.5, 0.6) is 17.2 Å². The number of hydrogen-bond donors (Lipinski definition) is 1. The molecule has 2 aromatic carbocycles. The Morgan fingerprint density at radius 1 is 1.09 bits per heavy atom. The SMILES string of the molecule is O=C1Nc2cc(OC(F)(F)F)ccc2Oc2ccc(Br)cc21. The summed E-state index contributed by atoms with van der Waals surface area (Å²) in [6.45, 7) is 0. The molecule has 0 saturated heterocycles. The molecule has 0 radical (unpaired) electrons. The Hall–Kier alpha value is -2.22. The quantitative estimate of drug-likeness (QED) is 0.787. The van der Waals surface area contributed by atoms with Gasteiger partial charge in [-0.25, -0.2) is 0 Å². The average molecular weight is 374 g/mol. The van der Waals surface area contributed by atoms with E-state index < -0.39 is 18.0 Å². The summed E-state index contributed by atoms with van der Waals surface area (Å²) >= 11 is 3.24. The van der Waals surface area contributed by atoms with Crippen molar-refractivity contribution in [3.63, 3.8) is 0 Å². The van der Waals surface area contributed by atoms with Crippen molar-refractivity contribution in [3.8, 4) is 17.2 Å². The fourth-order valence-electron chi connectivity index (χ4n) is 1.97. The maximum atomic E-state index is 12.2. The molecule has 0 bridgehead atoms. The molecule has 0 saturated carbocycles. The lowest BCUT2D eigenvalue weighted by atomic mass is 10.2. The topological polar surface area (TPSA) is 47.6 Å². The fourth-order valence-corrected chi connectivity index (χ4v) is 2.33. The lowest BCUT2D eigenvalue weighted by Crippen LogP contribution is -2.17. The van der Waals surface area contributed by atoms with Crippen molar-refractivity contribution in [2.75, 3.05) is 5.32 Å². The molecule has 8 heteroatoms. The zero-order valence-corrected chi connectivity index (χ0v) is 12.3. The normalized spacial score (nSPS) is 13.4. The number of fused-ring (bicyclic) bond motifs is 2. The smallest absolute Gasteiger partial charge is 0.454 e. The Morgan fingerprint density at radius 3 is 2.55 bits per heavy atom. The summed E-state index contributed by atoms with van der Waals surface area (Å²) in [4.78, 5) is 12.1. The number of alkyl halides is 3. The lowest BCUT2D eigenvalue weighted by Gasteiger charge is -2.12. The van der Waals surface area contributed by atoms with E-state index in [0.717, 1.165) is 12.1 Å². The molecule has 1 N–H and O–H groups in total. The highest BCUT2D eigenvalue weighted by Gasteiger charge is 2.31. The van der Waals surface area contributed by atoms with Crippen molar-refractivity contribution in [1.82, 2.24) is 0 Å². The Bertz CT molecular complexity index is 761. The van der Waals surface area contributed by atoms with E-state index in [-0.39, 0.29) is 17.0 Å². The van der Waals surface area contributed by atoms with Crippen LogP contribution in [0, 0.1) is 0 Å². The van der Waals surface area contributed by atoms with Crippen LogP contribution in [0.4, 0.5) is 18.9 Å². The molecule has 3 rings (SSSR count). The van der Waals surface area contributed by atoms with Crippen LogP contribution >= 0.6 is 15.9 Å². The molecule has 1 heterocycles. The maximum Gasteiger partial charge on any atom is 0.573 e. The van der Waals surface area contributed by atoms with E-state index in [1.54, 1.807) is 18.2 Å². The van der Waals surface area contributed by atoms with Gasteiger partial charge in [0.2, 0.25) is 0 Å². The number of carbonyl (C=O) groups is 1. The van der Waals surface area contributed by atoms with Gasteiger partial charge in [0.1, 0.15) is 11.5 Å². The Kier molecular flexibility index (Phi) is 3.48. The highest BCUT2D eigenvalue weighted by atomic mass is 79.9. The third-order valence-corrected chi connectivity index (χ3v) is 3.33. The van der Waals surface area contributed by atoms with Crippen molar-refractivity contribution in [1.29, 1.82) is 0 Å². The fraction of sp³-hybridized carbons (Fsp3) is 0.0714. The minimum absolute atomic E-state index is 0.0964. The first-order valence-electron chi connectivity index (χ1n) is 6.00. The van der Waals surface area contributed by atoms with E-state index in [0.29, 0.717) is 10.2 Å². The predicted molar refractivity (Wildman–Crippen MR) is 75.3 cm³/mol. The van der Waals surface area contributed by atoms with E-state index in [1.807, 2.05) is 0 Å². The number of rotatable bonds is 1. The number of nitrogens with one attached hydrogen (secondary N) is 1. The van der Waals surface area contributed by atoms with Gasteiger partial charge in [0.05, 0.1) is 11.3 Å². The number of anilines is 1. The third kappa shape index (κ3) is 3.01. The van der Waals surface area contributed by atoms with Gasteiger partial charge >= 0.3 is 6.36 Å². The van der Waals surface area contributed by atoms with Crippen LogP contribution < -0.4 is 14.8 Å². The standard InChI is InChI=1S/C14H7BrF3NO3/c15-7-1-3-11-9(5-7)13(20)19-10-6-8(22-14(16,17)18)2-4-12(10)21-11/h1-6H,(H,19,20). The summed E-state index contributed by atoms with van der Waals surface area (Å²) in [5.41, 5.74) is 0.364. The van der Waals surface area contributed by atoms with Gasteiger partial charge in [-0.15, -0.1) is 13.2 Å². The second-order valence-corrected chi connectivity index (χ2v) is 5.32. The number of benzene rings is 2. The molecule has 2 aromatic rings. The molecule has 1 aliphatic heterocycles. The number of halogens is 4. The van der Waals surface area contributed by atoms with Gasteiger partial charge in [-0.2, -0.15) is 0 Å². The monoisotopic (exact) mass is 373 g/mol. The molecular weight excluding hydrogens is 367 g/mol. The summed E-state index contributed by atoms with van der Waals surface area (Å²) < 4.78 is 46.8. The van der Waals surface area contributed by atoms with E-state index in [1.165, 1.54) is 6.07 Å². The molecule has 0 spiro atoms. The van der Waals surface area contributed by atoms with E-state index >= 15 is 0 Å². The minimum Gasteiger partial charge on any atom is -0.454 e. The molecule has 0 aromatic heterocycles. The van der Waals surface area contributed by atoms with Crippen LogP contribution in [0.2, 0.25) is 0 Å². The largest absolute Gasteiger partial charge is 0.573 e. The highest BCUT2D eigenvalue weighted by molar-refractivity contribution is 9.10. The van der Waals surface area contributed by atoms with E-state index in [4.69, 9.17) is 4.74 Å². The second-order valence-electron chi connectivity index (χ2n) is 4.40.